The standard InChI is InChI=1S/C27H43ClN4O5/c1-3-29-24(15-20-7-6-13-36-18-20)17-31-26(33)32-12-5-9-22(19-37-14-11-30-27(34)35-2)25(32)21-8-4-10-23(28)16-21/h4,8,10,16,20,22,24-25,29H,3,5-7,9,11-15,17-19H2,1-2H3,(H,30,34)(H,31,33)/t20-,22+,24+,25+/m1/s1. The smallest absolute Gasteiger partial charge is 0.406 e. The molecular weight excluding hydrogens is 496 g/mol. The second kappa shape index (κ2) is 16.0. The minimum absolute atomic E-state index is 0.0650. The number of piperidine rings is 1. The van der Waals surface area contributed by atoms with E-state index in [9.17, 15) is 9.59 Å². The van der Waals surface area contributed by atoms with Gasteiger partial charge in [0, 0.05) is 49.8 Å². The van der Waals surface area contributed by atoms with E-state index in [2.05, 4.69) is 27.6 Å². The van der Waals surface area contributed by atoms with Crippen molar-refractivity contribution in [1.29, 1.82) is 0 Å². The fraction of sp³-hybridized carbons (Fsp3) is 0.704. The van der Waals surface area contributed by atoms with Crippen molar-refractivity contribution in [3.8, 4) is 0 Å². The maximum atomic E-state index is 13.5. The van der Waals surface area contributed by atoms with Gasteiger partial charge < -0.3 is 35.1 Å². The largest absolute Gasteiger partial charge is 0.453 e. The first kappa shape index (κ1) is 29.5. The molecule has 0 bridgehead atoms. The van der Waals surface area contributed by atoms with E-state index in [1.165, 1.54) is 13.5 Å². The maximum absolute atomic E-state index is 13.5. The number of urea groups is 1. The fourth-order valence-corrected chi connectivity index (χ4v) is 5.59. The zero-order valence-corrected chi connectivity index (χ0v) is 22.9. The van der Waals surface area contributed by atoms with Gasteiger partial charge in [0.2, 0.25) is 0 Å². The second-order valence-electron chi connectivity index (χ2n) is 9.85. The minimum atomic E-state index is -0.479. The zero-order chi connectivity index (χ0) is 26.5. The van der Waals surface area contributed by atoms with Gasteiger partial charge in [-0.15, -0.1) is 0 Å². The van der Waals surface area contributed by atoms with E-state index >= 15 is 0 Å². The van der Waals surface area contributed by atoms with Crippen molar-refractivity contribution in [2.45, 2.75) is 51.1 Å². The third-order valence-corrected chi connectivity index (χ3v) is 7.34. The average molecular weight is 539 g/mol. The van der Waals surface area contributed by atoms with E-state index in [1.54, 1.807) is 0 Å². The van der Waals surface area contributed by atoms with Crippen LogP contribution in [0.4, 0.5) is 9.59 Å². The van der Waals surface area contributed by atoms with Gasteiger partial charge >= 0.3 is 12.1 Å². The number of likely N-dealkylation sites (N-methyl/N-ethyl adjacent to an activating group) is 1. The third-order valence-electron chi connectivity index (χ3n) is 7.11. The molecule has 1 aromatic rings. The molecule has 0 unspecified atom stereocenters. The first-order valence-electron chi connectivity index (χ1n) is 13.5. The molecule has 4 atom stereocenters. The molecule has 3 N–H and O–H groups in total. The number of methoxy groups -OCH3 is 1. The highest BCUT2D eigenvalue weighted by atomic mass is 35.5. The Hall–Kier alpha value is -2.07. The number of hydrogen-bond donors (Lipinski definition) is 3. The quantitative estimate of drug-likeness (QED) is 0.348. The van der Waals surface area contributed by atoms with Gasteiger partial charge in [-0.05, 0) is 62.3 Å². The van der Waals surface area contributed by atoms with Gasteiger partial charge in [-0.2, -0.15) is 0 Å². The fourth-order valence-electron chi connectivity index (χ4n) is 5.39. The highest BCUT2D eigenvalue weighted by molar-refractivity contribution is 6.30. The van der Waals surface area contributed by atoms with E-state index in [4.69, 9.17) is 21.1 Å². The van der Waals surface area contributed by atoms with Crippen LogP contribution in [0, 0.1) is 11.8 Å². The number of nitrogens with one attached hydrogen (secondary N) is 3. The summed E-state index contributed by atoms with van der Waals surface area (Å²) in [5.74, 6) is 0.638. The molecule has 3 rings (SSSR count). The van der Waals surface area contributed by atoms with Gasteiger partial charge in [0.25, 0.3) is 0 Å². The van der Waals surface area contributed by atoms with Crippen LogP contribution >= 0.6 is 11.6 Å². The minimum Gasteiger partial charge on any atom is -0.453 e. The average Bonchev–Trinajstić information content (AvgIpc) is 2.91. The predicted octanol–water partition coefficient (Wildman–Crippen LogP) is 3.97. The van der Waals surface area contributed by atoms with Crippen molar-refractivity contribution in [3.63, 3.8) is 0 Å². The number of rotatable bonds is 12. The number of hydrogen-bond acceptors (Lipinski definition) is 6. The van der Waals surface area contributed by atoms with E-state index in [-0.39, 0.29) is 24.0 Å². The number of ether oxygens (including phenoxy) is 3. The van der Waals surface area contributed by atoms with E-state index < -0.39 is 6.09 Å². The summed E-state index contributed by atoms with van der Waals surface area (Å²) in [5, 5.41) is 10.0. The van der Waals surface area contributed by atoms with Gasteiger partial charge in [0.05, 0.1) is 26.4 Å². The summed E-state index contributed by atoms with van der Waals surface area (Å²) in [6.45, 7) is 7.06. The molecule has 10 heteroatoms. The summed E-state index contributed by atoms with van der Waals surface area (Å²) in [4.78, 5) is 26.7. The predicted molar refractivity (Wildman–Crippen MR) is 144 cm³/mol. The summed E-state index contributed by atoms with van der Waals surface area (Å²) in [6.07, 6.45) is 4.63. The van der Waals surface area contributed by atoms with Crippen LogP contribution in [-0.2, 0) is 14.2 Å². The number of likely N-dealkylation sites (tertiary alicyclic amines) is 1. The van der Waals surface area contributed by atoms with Crippen molar-refractivity contribution in [3.05, 3.63) is 34.9 Å². The number of carbonyl (C=O) groups is 2. The molecule has 2 aliphatic rings. The highest BCUT2D eigenvalue weighted by Gasteiger charge is 2.36. The van der Waals surface area contributed by atoms with Gasteiger partial charge in [-0.3, -0.25) is 0 Å². The van der Waals surface area contributed by atoms with Crippen LogP contribution in [0.5, 0.6) is 0 Å². The van der Waals surface area contributed by atoms with Gasteiger partial charge in [-0.25, -0.2) is 9.59 Å². The first-order valence-corrected chi connectivity index (χ1v) is 13.9. The number of carbonyl (C=O) groups excluding carboxylic acids is 2. The Labute approximate surface area is 225 Å². The van der Waals surface area contributed by atoms with Gasteiger partial charge in [0.15, 0.2) is 0 Å². The molecule has 3 amide bonds. The lowest BCUT2D eigenvalue weighted by Gasteiger charge is -2.42. The van der Waals surface area contributed by atoms with Crippen LogP contribution in [0.2, 0.25) is 5.02 Å². The molecule has 0 saturated carbocycles. The molecule has 208 valence electrons. The van der Waals surface area contributed by atoms with Crippen LogP contribution in [-0.4, -0.2) is 82.8 Å². The number of alkyl carbamates (subject to hydrolysis) is 1. The Morgan fingerprint density at radius 3 is 2.84 bits per heavy atom. The van der Waals surface area contributed by atoms with Crippen LogP contribution in [0.3, 0.4) is 0 Å². The number of halogens is 1. The zero-order valence-electron chi connectivity index (χ0n) is 22.2. The molecule has 2 aliphatic heterocycles. The molecule has 2 heterocycles. The van der Waals surface area contributed by atoms with Crippen molar-refractivity contribution in [2.24, 2.45) is 11.8 Å². The van der Waals surface area contributed by atoms with E-state index in [0.717, 1.165) is 51.0 Å². The molecule has 0 spiro atoms. The van der Waals surface area contributed by atoms with Gasteiger partial charge in [-0.1, -0.05) is 30.7 Å². The summed E-state index contributed by atoms with van der Waals surface area (Å²) in [7, 11) is 1.33. The Kier molecular flexibility index (Phi) is 12.8. The molecule has 0 aromatic heterocycles. The molecule has 37 heavy (non-hydrogen) atoms. The summed E-state index contributed by atoms with van der Waals surface area (Å²) < 4.78 is 16.2. The van der Waals surface area contributed by atoms with Crippen LogP contribution in [0.15, 0.2) is 24.3 Å². The van der Waals surface area contributed by atoms with Crippen LogP contribution in [0.25, 0.3) is 0 Å². The molecular formula is C27H43ClN4O5. The van der Waals surface area contributed by atoms with Crippen LogP contribution < -0.4 is 16.0 Å². The molecule has 2 saturated heterocycles. The number of amides is 3. The lowest BCUT2D eigenvalue weighted by molar-refractivity contribution is 0.0349. The van der Waals surface area contributed by atoms with Crippen molar-refractivity contribution < 1.29 is 23.8 Å². The molecule has 9 nitrogen and oxygen atoms in total. The molecule has 0 radical (unpaired) electrons. The lowest BCUT2D eigenvalue weighted by atomic mass is 9.85. The SMILES string of the molecule is CCN[C@H](CNC(=O)N1CCC[C@@H](COCCNC(=O)OC)[C@@H]1c1cccc(Cl)c1)C[C@H]1CCCOC1. The topological polar surface area (TPSA) is 101 Å². The normalized spacial score (nSPS) is 22.8. The Morgan fingerprint density at radius 1 is 1.24 bits per heavy atom. The Balaban J connectivity index is 1.63. The summed E-state index contributed by atoms with van der Waals surface area (Å²) in [5.41, 5.74) is 1.01. The highest BCUT2D eigenvalue weighted by Crippen LogP contribution is 2.37. The van der Waals surface area contributed by atoms with Crippen LogP contribution in [0.1, 0.15) is 50.6 Å². The molecule has 0 aliphatic carbocycles. The second-order valence-corrected chi connectivity index (χ2v) is 10.3. The first-order chi connectivity index (χ1) is 18.0. The monoisotopic (exact) mass is 538 g/mol. The molecule has 1 aromatic carbocycles. The van der Waals surface area contributed by atoms with Crippen molar-refractivity contribution in [2.75, 3.05) is 59.7 Å². The number of benzene rings is 1. The third kappa shape index (κ3) is 9.63. The lowest BCUT2D eigenvalue weighted by Crippen LogP contribution is -2.51. The van der Waals surface area contributed by atoms with Gasteiger partial charge in [0.1, 0.15) is 0 Å². The van der Waals surface area contributed by atoms with E-state index in [1.807, 2.05) is 29.2 Å². The van der Waals surface area contributed by atoms with E-state index in [0.29, 0.717) is 43.8 Å². The molecule has 2 fully saturated rings. The number of nitrogens with zero attached hydrogens (tertiary/aromatic N) is 1. The van der Waals surface area contributed by atoms with Crippen molar-refractivity contribution in [1.82, 2.24) is 20.9 Å². The summed E-state index contributed by atoms with van der Waals surface area (Å²) in [6, 6.07) is 7.73. The Morgan fingerprint density at radius 2 is 2.11 bits per heavy atom. The summed E-state index contributed by atoms with van der Waals surface area (Å²) >= 11 is 6.34. The Bertz CT molecular complexity index is 839. The van der Waals surface area contributed by atoms with Crippen molar-refractivity contribution >= 4 is 23.7 Å². The maximum Gasteiger partial charge on any atom is 0.406 e.